The minimum atomic E-state index is -0.686. The van der Waals surface area contributed by atoms with Gasteiger partial charge in [-0.25, -0.2) is 0 Å². The first-order valence-electron chi connectivity index (χ1n) is 8.88. The number of likely N-dealkylation sites (N-methyl/N-ethyl adjacent to an activating group) is 6. The largest absolute Gasteiger partial charge is 0.503 e. The van der Waals surface area contributed by atoms with Crippen LogP contribution in [0.25, 0.3) is 0 Å². The Morgan fingerprint density at radius 3 is 0.735 bits per heavy atom. The number of rotatable bonds is 6. The van der Waals surface area contributed by atoms with Crippen LogP contribution in [0.15, 0.2) is 35.5 Å². The minimum absolute atomic E-state index is 0. The number of carbonyl (C=O) groups excluding carboxylic acids is 6. The van der Waals surface area contributed by atoms with E-state index in [4.69, 9.17) is 15.3 Å². The van der Waals surface area contributed by atoms with Gasteiger partial charge in [0.1, 0.15) is 0 Å². The van der Waals surface area contributed by atoms with Crippen molar-refractivity contribution in [1.82, 2.24) is 31.9 Å². The van der Waals surface area contributed by atoms with Crippen LogP contribution in [0.2, 0.25) is 0 Å². The number of carbonyl (C=O) groups is 6. The van der Waals surface area contributed by atoms with Crippen LogP contribution in [-0.4, -0.2) is 93.0 Å². The Bertz CT molecular complexity index is 705. The van der Waals surface area contributed by atoms with Crippen molar-refractivity contribution >= 4 is 35.4 Å². The van der Waals surface area contributed by atoms with Gasteiger partial charge in [-0.1, -0.05) is 0 Å². The van der Waals surface area contributed by atoms with E-state index < -0.39 is 52.7 Å². The number of aliphatic hydroxyl groups is 3. The fourth-order valence-electron chi connectivity index (χ4n) is 1.17. The maximum Gasteiger partial charge on any atom is 0.286 e. The molecule has 0 aromatic carbocycles. The zero-order valence-electron chi connectivity index (χ0n) is 19.4. The van der Waals surface area contributed by atoms with Crippen LogP contribution in [0.4, 0.5) is 0 Å². The van der Waals surface area contributed by atoms with Crippen LogP contribution in [0.1, 0.15) is 0 Å². The van der Waals surface area contributed by atoms with Crippen molar-refractivity contribution in [1.29, 1.82) is 0 Å². The van der Waals surface area contributed by atoms with E-state index in [0.717, 1.165) is 18.2 Å². The van der Waals surface area contributed by atoms with E-state index >= 15 is 0 Å². The Labute approximate surface area is 206 Å². The van der Waals surface area contributed by atoms with Crippen LogP contribution in [0.5, 0.6) is 0 Å². The van der Waals surface area contributed by atoms with Gasteiger partial charge in [-0.05, 0) is 0 Å². The molecular weight excluding hydrogens is 500 g/mol. The molecular formula is C18H30FeN6O9. The maximum absolute atomic E-state index is 10.6. The smallest absolute Gasteiger partial charge is 0.286 e. The van der Waals surface area contributed by atoms with E-state index in [0.29, 0.717) is 0 Å². The van der Waals surface area contributed by atoms with Crippen LogP contribution in [0, 0.1) is 0 Å². The summed E-state index contributed by atoms with van der Waals surface area (Å²) in [6.45, 7) is 0. The van der Waals surface area contributed by atoms with Gasteiger partial charge in [-0.2, -0.15) is 0 Å². The predicted molar refractivity (Wildman–Crippen MR) is 117 cm³/mol. The van der Waals surface area contributed by atoms with Gasteiger partial charge in [-0.3, -0.25) is 28.8 Å². The van der Waals surface area contributed by atoms with Crippen molar-refractivity contribution < 1.29 is 61.2 Å². The Hall–Kier alpha value is -4.04. The molecule has 34 heavy (non-hydrogen) atoms. The molecule has 16 heteroatoms. The van der Waals surface area contributed by atoms with Crippen molar-refractivity contribution in [3.8, 4) is 0 Å². The number of aliphatic hydroxyl groups excluding tert-OH is 3. The van der Waals surface area contributed by atoms with E-state index in [9.17, 15) is 28.8 Å². The average Bonchev–Trinajstić information content (AvgIpc) is 2.82. The molecule has 0 aromatic heterocycles. The summed E-state index contributed by atoms with van der Waals surface area (Å²) in [6, 6.07) is 0. The van der Waals surface area contributed by atoms with E-state index in [1.165, 1.54) is 42.3 Å². The number of hydrogen-bond acceptors (Lipinski definition) is 9. The summed E-state index contributed by atoms with van der Waals surface area (Å²) in [5, 5.41) is 39.6. The van der Waals surface area contributed by atoms with Gasteiger partial charge in [0.15, 0.2) is 17.3 Å². The number of hydrogen-bond donors (Lipinski definition) is 9. The summed E-state index contributed by atoms with van der Waals surface area (Å²) in [4.78, 5) is 63.2. The normalized spacial score (nSPS) is 10.2. The average molecular weight is 530 g/mol. The van der Waals surface area contributed by atoms with E-state index in [1.807, 2.05) is 0 Å². The second-order valence-electron chi connectivity index (χ2n) is 5.17. The Balaban J connectivity index is -0.000000196. The first-order valence-corrected chi connectivity index (χ1v) is 8.88. The van der Waals surface area contributed by atoms with Crippen LogP contribution in [0.3, 0.4) is 0 Å². The summed E-state index contributed by atoms with van der Waals surface area (Å²) in [5.41, 5.74) is 0. The molecule has 0 rings (SSSR count). The SMILES string of the molecule is CNC(=O)C=C(O)C(=O)NC.CNC(=O)C=C(O)C(=O)NC.CNC(=O)C=C(O)C(=O)NC.[Fe]. The summed E-state index contributed by atoms with van der Waals surface area (Å²) >= 11 is 0. The first kappa shape index (κ1) is 37.3. The van der Waals surface area contributed by atoms with Gasteiger partial charge in [0.2, 0.25) is 17.7 Å². The summed E-state index contributed by atoms with van der Waals surface area (Å²) in [6.07, 6.45) is 2.41. The van der Waals surface area contributed by atoms with Crippen molar-refractivity contribution in [3.05, 3.63) is 35.5 Å². The standard InChI is InChI=1S/3C6H10N2O3.Fe/c3*1-7-5(10)3-4(9)6(11)8-2;/h3*3,9H,1-2H3,(H,7,10)(H,8,11);. The molecule has 0 aliphatic heterocycles. The minimum Gasteiger partial charge on any atom is -0.503 e. The topological polar surface area (TPSA) is 235 Å². The van der Waals surface area contributed by atoms with E-state index in [-0.39, 0.29) is 17.1 Å². The number of nitrogens with one attached hydrogen (secondary N) is 6. The first-order chi connectivity index (χ1) is 15.3. The fraction of sp³-hybridized carbons (Fsp3) is 0.333. The van der Waals surface area contributed by atoms with Gasteiger partial charge >= 0.3 is 0 Å². The van der Waals surface area contributed by atoms with Gasteiger partial charge in [-0.15, -0.1) is 0 Å². The summed E-state index contributed by atoms with van der Waals surface area (Å²) in [5.74, 6) is -5.44. The van der Waals surface area contributed by atoms with Gasteiger partial charge in [0, 0.05) is 59.4 Å². The molecule has 0 spiro atoms. The molecule has 0 atom stereocenters. The Kier molecular flexibility index (Phi) is 24.3. The zero-order valence-corrected chi connectivity index (χ0v) is 20.5. The van der Waals surface area contributed by atoms with Gasteiger partial charge in [0.25, 0.3) is 17.7 Å². The molecule has 0 saturated carbocycles. The van der Waals surface area contributed by atoms with Gasteiger partial charge < -0.3 is 47.2 Å². The molecule has 0 radical (unpaired) electrons. The quantitative estimate of drug-likeness (QED) is 0.0952. The maximum atomic E-state index is 10.6. The Morgan fingerprint density at radius 2 is 0.618 bits per heavy atom. The molecule has 0 bridgehead atoms. The summed E-state index contributed by atoms with van der Waals surface area (Å²) in [7, 11) is 8.27. The predicted octanol–water partition coefficient (Wildman–Crippen LogP) is -3.24. The van der Waals surface area contributed by atoms with Crippen molar-refractivity contribution in [2.75, 3.05) is 42.3 Å². The molecule has 0 fully saturated rings. The second-order valence-corrected chi connectivity index (χ2v) is 5.17. The number of amides is 6. The molecule has 0 aliphatic carbocycles. The van der Waals surface area contributed by atoms with Crippen molar-refractivity contribution in [2.24, 2.45) is 0 Å². The molecule has 6 amide bonds. The molecule has 15 nitrogen and oxygen atoms in total. The third-order valence-electron chi connectivity index (χ3n) is 2.92. The second kappa shape index (κ2) is 22.2. The molecule has 0 saturated heterocycles. The monoisotopic (exact) mass is 530 g/mol. The molecule has 194 valence electrons. The third-order valence-corrected chi connectivity index (χ3v) is 2.92. The zero-order chi connectivity index (χ0) is 26.6. The molecule has 9 N–H and O–H groups in total. The van der Waals surface area contributed by atoms with Gasteiger partial charge in [0.05, 0.1) is 18.2 Å². The van der Waals surface area contributed by atoms with Crippen molar-refractivity contribution in [2.45, 2.75) is 0 Å². The fourth-order valence-corrected chi connectivity index (χ4v) is 1.17. The van der Waals surface area contributed by atoms with E-state index in [1.54, 1.807) is 0 Å². The Morgan fingerprint density at radius 1 is 0.441 bits per heavy atom. The molecule has 0 aromatic rings. The van der Waals surface area contributed by atoms with Crippen molar-refractivity contribution in [3.63, 3.8) is 0 Å². The van der Waals surface area contributed by atoms with Crippen LogP contribution in [-0.2, 0) is 45.8 Å². The molecule has 0 heterocycles. The van der Waals surface area contributed by atoms with E-state index in [2.05, 4.69) is 31.9 Å². The third kappa shape index (κ3) is 19.9. The molecule has 0 aliphatic rings. The molecule has 0 unspecified atom stereocenters. The summed E-state index contributed by atoms with van der Waals surface area (Å²) < 4.78 is 0. The van der Waals surface area contributed by atoms with Crippen LogP contribution < -0.4 is 31.9 Å². The van der Waals surface area contributed by atoms with Crippen LogP contribution >= 0.6 is 0 Å².